The van der Waals surface area contributed by atoms with Gasteiger partial charge in [-0.3, -0.25) is 4.68 Å². The van der Waals surface area contributed by atoms with Crippen molar-refractivity contribution in [2.75, 3.05) is 0 Å². The van der Waals surface area contributed by atoms with Crippen molar-refractivity contribution in [1.29, 1.82) is 0 Å². The van der Waals surface area contributed by atoms with E-state index in [-0.39, 0.29) is 5.56 Å². The number of hydrogen-bond donors (Lipinski definition) is 1. The molecule has 5 heteroatoms. The van der Waals surface area contributed by atoms with Gasteiger partial charge in [-0.2, -0.15) is 5.10 Å². The van der Waals surface area contributed by atoms with Gasteiger partial charge >= 0.3 is 0 Å². The van der Waals surface area contributed by atoms with Crippen LogP contribution in [0, 0.1) is 11.6 Å². The molecule has 2 rings (SSSR count). The molecule has 3 nitrogen and oxygen atoms in total. The number of rotatable bonds is 3. The zero-order chi connectivity index (χ0) is 13.3. The summed E-state index contributed by atoms with van der Waals surface area (Å²) >= 11 is 0. The first-order valence-electron chi connectivity index (χ1n) is 5.69. The monoisotopic (exact) mass is 252 g/mol. The Hall–Kier alpha value is -1.75. The molecule has 1 aromatic heterocycles. The van der Waals surface area contributed by atoms with Gasteiger partial charge in [0.05, 0.1) is 5.69 Å². The molecule has 1 heterocycles. The molecule has 1 aromatic carbocycles. The molecule has 0 aliphatic carbocycles. The number of halogens is 2. The SMILES string of the molecule is CCc1nn(C)cc1C(O)c1cccc(F)c1F. The molecule has 18 heavy (non-hydrogen) atoms. The summed E-state index contributed by atoms with van der Waals surface area (Å²) in [5.74, 6) is -1.98. The molecule has 0 bridgehead atoms. The summed E-state index contributed by atoms with van der Waals surface area (Å²) in [7, 11) is 1.72. The first kappa shape index (κ1) is 12.7. The lowest BCUT2D eigenvalue weighted by molar-refractivity contribution is 0.212. The molecule has 2 aromatic rings. The summed E-state index contributed by atoms with van der Waals surface area (Å²) in [4.78, 5) is 0. The van der Waals surface area contributed by atoms with Gasteiger partial charge in [0.1, 0.15) is 6.10 Å². The second-order valence-electron chi connectivity index (χ2n) is 4.10. The Balaban J connectivity index is 2.47. The third-order valence-electron chi connectivity index (χ3n) is 2.84. The van der Waals surface area contributed by atoms with Gasteiger partial charge in [0, 0.05) is 24.4 Å². The fourth-order valence-corrected chi connectivity index (χ4v) is 1.96. The van der Waals surface area contributed by atoms with Crippen LogP contribution in [0.3, 0.4) is 0 Å². The zero-order valence-corrected chi connectivity index (χ0v) is 10.2. The molecule has 0 aliphatic rings. The van der Waals surface area contributed by atoms with E-state index < -0.39 is 17.7 Å². The van der Waals surface area contributed by atoms with Crippen LogP contribution in [0.1, 0.15) is 29.8 Å². The van der Waals surface area contributed by atoms with Crippen molar-refractivity contribution >= 4 is 0 Å². The lowest BCUT2D eigenvalue weighted by atomic mass is 10.0. The molecule has 1 unspecified atom stereocenters. The van der Waals surface area contributed by atoms with E-state index in [1.54, 1.807) is 17.9 Å². The maximum Gasteiger partial charge on any atom is 0.164 e. The van der Waals surface area contributed by atoms with Gasteiger partial charge in [0.25, 0.3) is 0 Å². The van der Waals surface area contributed by atoms with Crippen molar-refractivity contribution < 1.29 is 13.9 Å². The molecule has 0 spiro atoms. The van der Waals surface area contributed by atoms with E-state index in [1.165, 1.54) is 12.1 Å². The number of nitrogens with zero attached hydrogens (tertiary/aromatic N) is 2. The topological polar surface area (TPSA) is 38.0 Å². The van der Waals surface area contributed by atoms with Crippen LogP contribution in [0.2, 0.25) is 0 Å². The van der Waals surface area contributed by atoms with Crippen LogP contribution >= 0.6 is 0 Å². The minimum Gasteiger partial charge on any atom is -0.383 e. The quantitative estimate of drug-likeness (QED) is 0.910. The molecule has 96 valence electrons. The molecule has 1 N–H and O–H groups in total. The van der Waals surface area contributed by atoms with E-state index >= 15 is 0 Å². The van der Waals surface area contributed by atoms with Gasteiger partial charge in [-0.15, -0.1) is 0 Å². The fourth-order valence-electron chi connectivity index (χ4n) is 1.96. The minimum atomic E-state index is -1.20. The predicted molar refractivity (Wildman–Crippen MR) is 63.0 cm³/mol. The zero-order valence-electron chi connectivity index (χ0n) is 10.2. The van der Waals surface area contributed by atoms with Gasteiger partial charge in [-0.25, -0.2) is 8.78 Å². The summed E-state index contributed by atoms with van der Waals surface area (Å²) in [6, 6.07) is 3.77. The molecule has 0 radical (unpaired) electrons. The molecular weight excluding hydrogens is 238 g/mol. The van der Waals surface area contributed by atoms with Crippen LogP contribution in [-0.2, 0) is 13.5 Å². The van der Waals surface area contributed by atoms with Crippen LogP contribution in [0.4, 0.5) is 8.78 Å². The summed E-state index contributed by atoms with van der Waals surface area (Å²) in [6.07, 6.45) is 1.03. The number of hydrogen-bond acceptors (Lipinski definition) is 2. The van der Waals surface area contributed by atoms with Crippen LogP contribution < -0.4 is 0 Å². The first-order valence-corrected chi connectivity index (χ1v) is 5.69. The molecule has 1 atom stereocenters. The lowest BCUT2D eigenvalue weighted by Crippen LogP contribution is -2.05. The van der Waals surface area contributed by atoms with Crippen LogP contribution in [0.15, 0.2) is 24.4 Å². The number of benzene rings is 1. The standard InChI is InChI=1S/C13H14F2N2O/c1-3-11-9(7-17(2)16-11)13(18)8-5-4-6-10(14)12(8)15/h4-7,13,18H,3H2,1-2H3. The average molecular weight is 252 g/mol. The number of aliphatic hydroxyl groups is 1. The number of aliphatic hydroxyl groups excluding tert-OH is 1. The van der Waals surface area contributed by atoms with Crippen molar-refractivity contribution in [3.8, 4) is 0 Å². The van der Waals surface area contributed by atoms with E-state index in [2.05, 4.69) is 5.10 Å². The minimum absolute atomic E-state index is 0.0716. The number of aryl methyl sites for hydroxylation is 2. The highest BCUT2D eigenvalue weighted by Gasteiger charge is 2.21. The highest BCUT2D eigenvalue weighted by atomic mass is 19.2. The Labute approximate surface area is 104 Å². The summed E-state index contributed by atoms with van der Waals surface area (Å²) < 4.78 is 28.3. The number of aromatic nitrogens is 2. The van der Waals surface area contributed by atoms with Gasteiger partial charge in [-0.1, -0.05) is 19.1 Å². The van der Waals surface area contributed by atoms with Crippen molar-refractivity contribution in [2.45, 2.75) is 19.4 Å². The third-order valence-corrected chi connectivity index (χ3v) is 2.84. The van der Waals surface area contributed by atoms with Crippen LogP contribution in [0.5, 0.6) is 0 Å². The lowest BCUT2D eigenvalue weighted by Gasteiger charge is -2.11. The Bertz CT molecular complexity index is 566. The van der Waals surface area contributed by atoms with E-state index in [9.17, 15) is 13.9 Å². The smallest absolute Gasteiger partial charge is 0.164 e. The highest BCUT2D eigenvalue weighted by molar-refractivity contribution is 5.32. The normalized spacial score (nSPS) is 12.7. The van der Waals surface area contributed by atoms with E-state index in [0.717, 1.165) is 6.07 Å². The summed E-state index contributed by atoms with van der Waals surface area (Å²) in [5, 5.41) is 14.3. The van der Waals surface area contributed by atoms with Gasteiger partial charge < -0.3 is 5.11 Å². The third kappa shape index (κ3) is 2.13. The largest absolute Gasteiger partial charge is 0.383 e. The van der Waals surface area contributed by atoms with Crippen LogP contribution in [0.25, 0.3) is 0 Å². The Morgan fingerprint density at radius 3 is 2.72 bits per heavy atom. The van der Waals surface area contributed by atoms with E-state index in [0.29, 0.717) is 17.7 Å². The van der Waals surface area contributed by atoms with Crippen molar-refractivity contribution in [3.05, 3.63) is 52.9 Å². The first-order chi connectivity index (χ1) is 8.54. The van der Waals surface area contributed by atoms with Gasteiger partial charge in [-0.05, 0) is 12.5 Å². The molecule has 0 saturated carbocycles. The van der Waals surface area contributed by atoms with Crippen molar-refractivity contribution in [3.63, 3.8) is 0 Å². The van der Waals surface area contributed by atoms with E-state index in [4.69, 9.17) is 0 Å². The predicted octanol–water partition coefficient (Wildman–Crippen LogP) is 2.34. The van der Waals surface area contributed by atoms with E-state index in [1.807, 2.05) is 6.92 Å². The second-order valence-corrected chi connectivity index (χ2v) is 4.10. The van der Waals surface area contributed by atoms with Gasteiger partial charge in [0.15, 0.2) is 11.6 Å². The summed E-state index contributed by atoms with van der Waals surface area (Å²) in [6.45, 7) is 1.89. The molecule has 0 fully saturated rings. The molecule has 0 saturated heterocycles. The fraction of sp³-hybridized carbons (Fsp3) is 0.308. The Morgan fingerprint density at radius 2 is 2.06 bits per heavy atom. The molecule has 0 aliphatic heterocycles. The Kier molecular flexibility index (Phi) is 3.43. The highest BCUT2D eigenvalue weighted by Crippen LogP contribution is 2.27. The van der Waals surface area contributed by atoms with Crippen LogP contribution in [-0.4, -0.2) is 14.9 Å². The van der Waals surface area contributed by atoms with Crippen molar-refractivity contribution in [1.82, 2.24) is 9.78 Å². The van der Waals surface area contributed by atoms with Crippen molar-refractivity contribution in [2.24, 2.45) is 7.05 Å². The second kappa shape index (κ2) is 4.86. The molecular formula is C13H14F2N2O. The average Bonchev–Trinajstić information content (AvgIpc) is 2.73. The Morgan fingerprint density at radius 1 is 1.33 bits per heavy atom. The summed E-state index contributed by atoms with van der Waals surface area (Å²) in [5.41, 5.74) is 1.11. The maximum atomic E-state index is 13.6. The molecule has 0 amide bonds. The van der Waals surface area contributed by atoms with Gasteiger partial charge in [0.2, 0.25) is 0 Å². The maximum absolute atomic E-state index is 13.6.